The van der Waals surface area contributed by atoms with Gasteiger partial charge in [0.2, 0.25) is 5.91 Å². The fourth-order valence-corrected chi connectivity index (χ4v) is 4.36. The summed E-state index contributed by atoms with van der Waals surface area (Å²) in [6, 6.07) is 21.4. The Bertz CT molecular complexity index is 1170. The molecule has 5 nitrogen and oxygen atoms in total. The molecule has 3 aromatic carbocycles. The van der Waals surface area contributed by atoms with Gasteiger partial charge in [-0.3, -0.25) is 4.79 Å². The van der Waals surface area contributed by atoms with Gasteiger partial charge in [0.1, 0.15) is 12.4 Å². The minimum absolute atomic E-state index is 0.0617. The molecule has 0 saturated carbocycles. The summed E-state index contributed by atoms with van der Waals surface area (Å²) < 4.78 is 19.4. The lowest BCUT2D eigenvalue weighted by Gasteiger charge is -2.21. The van der Waals surface area contributed by atoms with Crippen LogP contribution in [-0.2, 0) is 22.6 Å². The second-order valence-electron chi connectivity index (χ2n) is 8.88. The Balaban J connectivity index is 1.30. The number of benzene rings is 3. The fraction of sp³-hybridized carbons (Fsp3) is 0.259. The summed E-state index contributed by atoms with van der Waals surface area (Å²) in [6.07, 6.45) is 0.665. The van der Waals surface area contributed by atoms with Crippen LogP contribution in [0.5, 0.6) is 0 Å². The molecule has 0 spiro atoms. The van der Waals surface area contributed by atoms with Crippen LogP contribution in [0.15, 0.2) is 72.8 Å². The summed E-state index contributed by atoms with van der Waals surface area (Å²) in [7, 11) is 0. The molecule has 1 fully saturated rings. The van der Waals surface area contributed by atoms with Gasteiger partial charge in [-0.1, -0.05) is 66.2 Å². The summed E-state index contributed by atoms with van der Waals surface area (Å²) in [5.41, 5.74) is 2.39. The third-order valence-electron chi connectivity index (χ3n) is 6.09. The summed E-state index contributed by atoms with van der Waals surface area (Å²) in [5, 5.41) is 6.22. The van der Waals surface area contributed by atoms with Gasteiger partial charge in [0.05, 0.1) is 5.41 Å². The Kier molecular flexibility index (Phi) is 7.17. The molecule has 34 heavy (non-hydrogen) atoms. The number of hydrogen-bond acceptors (Lipinski definition) is 3. The lowest BCUT2D eigenvalue weighted by atomic mass is 9.85. The molecule has 0 unspecified atom stereocenters. The predicted molar refractivity (Wildman–Crippen MR) is 130 cm³/mol. The molecule has 2 amide bonds. The van der Waals surface area contributed by atoms with Crippen LogP contribution >= 0.6 is 11.6 Å². The number of amides is 2. The van der Waals surface area contributed by atoms with E-state index in [1.54, 1.807) is 6.07 Å². The van der Waals surface area contributed by atoms with Crippen LogP contribution in [-0.4, -0.2) is 24.6 Å². The zero-order valence-electron chi connectivity index (χ0n) is 18.8. The van der Waals surface area contributed by atoms with E-state index in [1.807, 2.05) is 61.5 Å². The summed E-state index contributed by atoms with van der Waals surface area (Å²) in [5.74, 6) is -0.427. The number of ether oxygens (including phenoxy) is 1. The first-order valence-electron chi connectivity index (χ1n) is 11.1. The molecule has 0 bridgehead atoms. The van der Waals surface area contributed by atoms with Crippen LogP contribution in [0.3, 0.4) is 0 Å². The van der Waals surface area contributed by atoms with Gasteiger partial charge in [-0.2, -0.15) is 0 Å². The van der Waals surface area contributed by atoms with Crippen LogP contribution < -0.4 is 10.6 Å². The van der Waals surface area contributed by atoms with Crippen molar-refractivity contribution in [2.45, 2.75) is 32.4 Å². The van der Waals surface area contributed by atoms with E-state index in [0.29, 0.717) is 23.4 Å². The highest BCUT2D eigenvalue weighted by Crippen LogP contribution is 2.31. The Morgan fingerprint density at radius 1 is 1.12 bits per heavy atom. The topological polar surface area (TPSA) is 67.4 Å². The summed E-state index contributed by atoms with van der Waals surface area (Å²) in [4.78, 5) is 24.7. The van der Waals surface area contributed by atoms with Gasteiger partial charge in [0, 0.05) is 23.2 Å². The van der Waals surface area contributed by atoms with Gasteiger partial charge in [-0.25, -0.2) is 9.18 Å². The number of carbonyl (C=O) groups is 2. The average Bonchev–Trinajstić information content (AvgIpc) is 3.12. The van der Waals surface area contributed by atoms with Gasteiger partial charge >= 0.3 is 6.09 Å². The zero-order chi connectivity index (χ0) is 24.1. The van der Waals surface area contributed by atoms with Crippen LogP contribution in [0.2, 0.25) is 5.02 Å². The smallest absolute Gasteiger partial charge is 0.407 e. The highest BCUT2D eigenvalue weighted by molar-refractivity contribution is 6.30. The van der Waals surface area contributed by atoms with Crippen LogP contribution in [0, 0.1) is 11.2 Å². The highest BCUT2D eigenvalue weighted by atomic mass is 35.5. The first-order valence-corrected chi connectivity index (χ1v) is 11.5. The monoisotopic (exact) mass is 480 g/mol. The Labute approximate surface area is 203 Å². The van der Waals surface area contributed by atoms with Crippen molar-refractivity contribution in [2.75, 3.05) is 6.54 Å². The zero-order valence-corrected chi connectivity index (χ0v) is 19.6. The summed E-state index contributed by atoms with van der Waals surface area (Å²) >= 11 is 6.00. The normalized spacial score (nSPS) is 19.5. The maximum atomic E-state index is 14.1. The SMILES string of the molecule is C[C@@]1(CNC(=O)OCc2ccccc2)C[C@@H](Cc2ccc(-c3cc(Cl)ccc3F)cc2)NC1=O. The number of hydrogen-bond donors (Lipinski definition) is 2. The number of alkyl carbamates (subject to hydrolysis) is 1. The molecule has 0 radical (unpaired) electrons. The Hall–Kier alpha value is -3.38. The molecule has 0 aromatic heterocycles. The number of nitrogens with one attached hydrogen (secondary N) is 2. The number of halogens is 2. The van der Waals surface area contributed by atoms with Crippen molar-refractivity contribution in [3.8, 4) is 11.1 Å². The molecule has 2 N–H and O–H groups in total. The molecule has 176 valence electrons. The van der Waals surface area contributed by atoms with Gasteiger partial charge < -0.3 is 15.4 Å². The minimum Gasteiger partial charge on any atom is -0.445 e. The van der Waals surface area contributed by atoms with Crippen molar-refractivity contribution in [2.24, 2.45) is 5.41 Å². The maximum absolute atomic E-state index is 14.1. The van der Waals surface area contributed by atoms with E-state index < -0.39 is 11.5 Å². The highest BCUT2D eigenvalue weighted by Gasteiger charge is 2.43. The van der Waals surface area contributed by atoms with Gasteiger partial charge in [0.15, 0.2) is 0 Å². The van der Waals surface area contributed by atoms with Crippen molar-refractivity contribution in [3.63, 3.8) is 0 Å². The maximum Gasteiger partial charge on any atom is 0.407 e. The lowest BCUT2D eigenvalue weighted by molar-refractivity contribution is -0.126. The van der Waals surface area contributed by atoms with Gasteiger partial charge in [-0.15, -0.1) is 0 Å². The molecule has 3 aromatic rings. The van der Waals surface area contributed by atoms with Crippen molar-refractivity contribution >= 4 is 23.6 Å². The number of carbonyl (C=O) groups excluding carboxylic acids is 2. The standard InChI is InChI=1S/C27H26ClFN2O3/c1-27(17-30-26(33)34-16-19-5-3-2-4-6-19)15-22(31-25(27)32)13-18-7-9-20(10-8-18)23-14-21(28)11-12-24(23)29/h2-12,14,22H,13,15-17H2,1H3,(H,30,33)(H,31,32)/t22-,27+/m1/s1. The van der Waals surface area contributed by atoms with E-state index in [0.717, 1.165) is 16.7 Å². The Morgan fingerprint density at radius 3 is 2.59 bits per heavy atom. The van der Waals surface area contributed by atoms with Crippen LogP contribution in [0.1, 0.15) is 24.5 Å². The van der Waals surface area contributed by atoms with Gasteiger partial charge in [-0.05, 0) is 54.7 Å². The molecule has 1 aliphatic rings. The van der Waals surface area contributed by atoms with Crippen molar-refractivity contribution in [1.29, 1.82) is 0 Å². The average molecular weight is 481 g/mol. The third-order valence-corrected chi connectivity index (χ3v) is 6.33. The quantitative estimate of drug-likeness (QED) is 0.468. The second kappa shape index (κ2) is 10.3. The first-order chi connectivity index (χ1) is 16.3. The Morgan fingerprint density at radius 2 is 1.85 bits per heavy atom. The first kappa shape index (κ1) is 23.8. The second-order valence-corrected chi connectivity index (χ2v) is 9.31. The van der Waals surface area contributed by atoms with E-state index in [4.69, 9.17) is 16.3 Å². The molecule has 7 heteroatoms. The molecular formula is C27H26ClFN2O3. The predicted octanol–water partition coefficient (Wildman–Crippen LogP) is 5.51. The molecular weight excluding hydrogens is 455 g/mol. The van der Waals surface area contributed by atoms with E-state index in [1.165, 1.54) is 12.1 Å². The van der Waals surface area contributed by atoms with Crippen molar-refractivity contribution < 1.29 is 18.7 Å². The largest absolute Gasteiger partial charge is 0.445 e. The minimum atomic E-state index is -0.722. The molecule has 1 aliphatic heterocycles. The van der Waals surface area contributed by atoms with Crippen molar-refractivity contribution in [1.82, 2.24) is 10.6 Å². The van der Waals surface area contributed by atoms with E-state index in [2.05, 4.69) is 10.6 Å². The third kappa shape index (κ3) is 5.75. The number of rotatable bonds is 7. The van der Waals surface area contributed by atoms with Crippen molar-refractivity contribution in [3.05, 3.63) is 94.8 Å². The lowest BCUT2D eigenvalue weighted by Crippen LogP contribution is -2.40. The summed E-state index contributed by atoms with van der Waals surface area (Å²) in [6.45, 7) is 2.20. The van der Waals surface area contributed by atoms with E-state index in [9.17, 15) is 14.0 Å². The fourth-order valence-electron chi connectivity index (χ4n) is 4.19. The van der Waals surface area contributed by atoms with Crippen LogP contribution in [0.4, 0.5) is 9.18 Å². The van der Waals surface area contributed by atoms with E-state index in [-0.39, 0.29) is 30.9 Å². The van der Waals surface area contributed by atoms with E-state index >= 15 is 0 Å². The molecule has 2 atom stereocenters. The molecule has 1 saturated heterocycles. The molecule has 4 rings (SSSR count). The molecule has 0 aliphatic carbocycles. The van der Waals surface area contributed by atoms with Crippen LogP contribution in [0.25, 0.3) is 11.1 Å². The molecule has 1 heterocycles. The van der Waals surface area contributed by atoms with Gasteiger partial charge in [0.25, 0.3) is 0 Å².